The lowest BCUT2D eigenvalue weighted by molar-refractivity contribution is -0.136. The second kappa shape index (κ2) is 7.01. The van der Waals surface area contributed by atoms with Crippen LogP contribution < -0.4 is 5.32 Å². The third kappa shape index (κ3) is 3.55. The van der Waals surface area contributed by atoms with E-state index in [0.29, 0.717) is 25.4 Å². The number of nitrogens with zero attached hydrogens (tertiary/aromatic N) is 3. The molecule has 5 nitrogen and oxygen atoms in total. The Hall–Kier alpha value is -1.93. The van der Waals surface area contributed by atoms with Crippen LogP contribution in [-0.4, -0.2) is 35.4 Å². The Balaban J connectivity index is 2.06. The van der Waals surface area contributed by atoms with E-state index >= 15 is 0 Å². The van der Waals surface area contributed by atoms with E-state index in [1.807, 2.05) is 12.1 Å². The number of hydrogen-bond donors (Lipinski definition) is 1. The van der Waals surface area contributed by atoms with Gasteiger partial charge in [-0.1, -0.05) is 13.0 Å². The fourth-order valence-corrected chi connectivity index (χ4v) is 2.54. The van der Waals surface area contributed by atoms with Crippen LogP contribution in [0.2, 0.25) is 0 Å². The molecule has 20 heavy (non-hydrogen) atoms. The number of amides is 1. The van der Waals surface area contributed by atoms with Gasteiger partial charge in [0.15, 0.2) is 0 Å². The first-order chi connectivity index (χ1) is 9.72. The predicted octanol–water partition coefficient (Wildman–Crippen LogP) is 1.18. The maximum absolute atomic E-state index is 12.6. The van der Waals surface area contributed by atoms with E-state index < -0.39 is 0 Å². The molecule has 0 spiro atoms. The Kier molecular flexibility index (Phi) is 5.08. The van der Waals surface area contributed by atoms with Gasteiger partial charge in [-0.05, 0) is 24.1 Å². The van der Waals surface area contributed by atoms with E-state index in [9.17, 15) is 4.79 Å². The molecular weight excluding hydrogens is 252 g/mol. The van der Waals surface area contributed by atoms with Gasteiger partial charge < -0.3 is 10.2 Å². The Morgan fingerprint density at radius 1 is 1.60 bits per heavy atom. The van der Waals surface area contributed by atoms with E-state index in [0.717, 1.165) is 18.7 Å². The largest absolute Gasteiger partial charge is 0.337 e. The van der Waals surface area contributed by atoms with Crippen LogP contribution in [0.5, 0.6) is 0 Å². The lowest BCUT2D eigenvalue weighted by Gasteiger charge is -2.26. The normalized spacial score (nSPS) is 21.4. The lowest BCUT2D eigenvalue weighted by atomic mass is 9.96. The molecule has 0 unspecified atom stereocenters. The smallest absolute Gasteiger partial charge is 0.227 e. The first-order valence-corrected chi connectivity index (χ1v) is 6.97. The number of rotatable bonds is 5. The zero-order chi connectivity index (χ0) is 14.4. The number of nitrogens with one attached hydrogen (secondary N) is 1. The Bertz CT molecular complexity index is 482. The Morgan fingerprint density at radius 2 is 2.45 bits per heavy atom. The summed E-state index contributed by atoms with van der Waals surface area (Å²) in [7, 11) is 0. The van der Waals surface area contributed by atoms with Crippen LogP contribution in [0.15, 0.2) is 24.5 Å². The molecule has 1 aromatic rings. The molecule has 0 radical (unpaired) electrons. The second-order valence-corrected chi connectivity index (χ2v) is 5.27. The van der Waals surface area contributed by atoms with E-state index in [4.69, 9.17) is 5.26 Å². The SMILES string of the molecule is C[C@@H]1CNC[C@H]1C(=O)N(CCC#N)Cc1cccnc1. The molecule has 106 valence electrons. The molecule has 0 saturated carbocycles. The molecule has 1 aromatic heterocycles. The molecule has 2 heterocycles. The molecule has 0 aliphatic carbocycles. The number of carbonyl (C=O) groups is 1. The lowest BCUT2D eigenvalue weighted by Crippen LogP contribution is -2.39. The van der Waals surface area contributed by atoms with Gasteiger partial charge in [0.05, 0.1) is 18.4 Å². The van der Waals surface area contributed by atoms with Crippen molar-refractivity contribution in [2.45, 2.75) is 19.9 Å². The van der Waals surface area contributed by atoms with Crippen LogP contribution in [0.1, 0.15) is 18.9 Å². The first kappa shape index (κ1) is 14.5. The second-order valence-electron chi connectivity index (χ2n) is 5.27. The van der Waals surface area contributed by atoms with Crippen molar-refractivity contribution in [3.05, 3.63) is 30.1 Å². The first-order valence-electron chi connectivity index (χ1n) is 6.97. The number of carbonyl (C=O) groups excluding carboxylic acids is 1. The summed E-state index contributed by atoms with van der Waals surface area (Å²) in [4.78, 5) is 18.5. The van der Waals surface area contributed by atoms with Crippen LogP contribution >= 0.6 is 0 Å². The van der Waals surface area contributed by atoms with Crippen LogP contribution in [-0.2, 0) is 11.3 Å². The molecule has 2 atom stereocenters. The molecular formula is C15H20N4O. The van der Waals surface area contributed by atoms with Crippen molar-refractivity contribution >= 4 is 5.91 Å². The van der Waals surface area contributed by atoms with Gasteiger partial charge in [0, 0.05) is 32.0 Å². The molecule has 5 heteroatoms. The van der Waals surface area contributed by atoms with Crippen molar-refractivity contribution in [2.75, 3.05) is 19.6 Å². The van der Waals surface area contributed by atoms with Gasteiger partial charge in [-0.2, -0.15) is 5.26 Å². The Morgan fingerprint density at radius 3 is 3.05 bits per heavy atom. The average Bonchev–Trinajstić information content (AvgIpc) is 2.90. The summed E-state index contributed by atoms with van der Waals surface area (Å²) in [5, 5.41) is 12.0. The number of nitriles is 1. The van der Waals surface area contributed by atoms with Gasteiger partial charge in [0.1, 0.15) is 0 Å². The van der Waals surface area contributed by atoms with Crippen LogP contribution in [0, 0.1) is 23.2 Å². The van der Waals surface area contributed by atoms with Gasteiger partial charge in [-0.15, -0.1) is 0 Å². The third-order valence-electron chi connectivity index (χ3n) is 3.74. The number of hydrogen-bond acceptors (Lipinski definition) is 4. The van der Waals surface area contributed by atoms with Crippen molar-refractivity contribution in [3.8, 4) is 6.07 Å². The van der Waals surface area contributed by atoms with E-state index in [2.05, 4.69) is 23.3 Å². The van der Waals surface area contributed by atoms with Crippen molar-refractivity contribution in [3.63, 3.8) is 0 Å². The van der Waals surface area contributed by atoms with Gasteiger partial charge in [-0.25, -0.2) is 0 Å². The molecule has 1 fully saturated rings. The summed E-state index contributed by atoms with van der Waals surface area (Å²) in [6, 6.07) is 5.93. The summed E-state index contributed by atoms with van der Waals surface area (Å²) in [6.45, 7) is 4.71. The summed E-state index contributed by atoms with van der Waals surface area (Å²) in [5.41, 5.74) is 0.998. The highest BCUT2D eigenvalue weighted by atomic mass is 16.2. The zero-order valence-corrected chi connectivity index (χ0v) is 11.7. The maximum Gasteiger partial charge on any atom is 0.227 e. The number of pyridine rings is 1. The molecule has 1 aliphatic heterocycles. The fourth-order valence-electron chi connectivity index (χ4n) is 2.54. The van der Waals surface area contributed by atoms with E-state index in [-0.39, 0.29) is 11.8 Å². The van der Waals surface area contributed by atoms with Gasteiger partial charge in [-0.3, -0.25) is 9.78 Å². The van der Waals surface area contributed by atoms with Gasteiger partial charge >= 0.3 is 0 Å². The minimum atomic E-state index is 0.0189. The zero-order valence-electron chi connectivity index (χ0n) is 11.7. The predicted molar refractivity (Wildman–Crippen MR) is 75.4 cm³/mol. The van der Waals surface area contributed by atoms with Crippen LogP contribution in [0.25, 0.3) is 0 Å². The van der Waals surface area contributed by atoms with Crippen LogP contribution in [0.3, 0.4) is 0 Å². The molecule has 1 N–H and O–H groups in total. The van der Waals surface area contributed by atoms with Gasteiger partial charge in [0.25, 0.3) is 0 Å². The topological polar surface area (TPSA) is 69.0 Å². The Labute approximate surface area is 119 Å². The van der Waals surface area contributed by atoms with Crippen molar-refractivity contribution in [2.24, 2.45) is 11.8 Å². The van der Waals surface area contributed by atoms with Crippen molar-refractivity contribution in [1.82, 2.24) is 15.2 Å². The highest BCUT2D eigenvalue weighted by molar-refractivity contribution is 5.79. The summed E-state index contributed by atoms with van der Waals surface area (Å²) in [6.07, 6.45) is 3.84. The van der Waals surface area contributed by atoms with Gasteiger partial charge in [0.2, 0.25) is 5.91 Å². The van der Waals surface area contributed by atoms with Crippen molar-refractivity contribution in [1.29, 1.82) is 5.26 Å². The molecule has 1 aliphatic rings. The molecule has 1 amide bonds. The summed E-state index contributed by atoms with van der Waals surface area (Å²) in [5.74, 6) is 0.507. The standard InChI is InChI=1S/C15H20N4O/c1-12-8-18-10-14(12)15(20)19(7-3-5-16)11-13-4-2-6-17-9-13/h2,4,6,9,12,14,18H,3,7-8,10-11H2,1H3/t12-,14-/m1/s1. The quantitative estimate of drug-likeness (QED) is 0.874. The summed E-state index contributed by atoms with van der Waals surface area (Å²) >= 11 is 0. The minimum absolute atomic E-state index is 0.0189. The molecule has 1 saturated heterocycles. The fraction of sp³-hybridized carbons (Fsp3) is 0.533. The monoisotopic (exact) mass is 272 g/mol. The average molecular weight is 272 g/mol. The summed E-state index contributed by atoms with van der Waals surface area (Å²) < 4.78 is 0. The van der Waals surface area contributed by atoms with E-state index in [1.54, 1.807) is 17.3 Å². The highest BCUT2D eigenvalue weighted by Gasteiger charge is 2.32. The maximum atomic E-state index is 12.6. The molecule has 2 rings (SSSR count). The third-order valence-corrected chi connectivity index (χ3v) is 3.74. The number of aromatic nitrogens is 1. The minimum Gasteiger partial charge on any atom is -0.337 e. The molecule has 0 aromatic carbocycles. The van der Waals surface area contributed by atoms with Crippen LogP contribution in [0.4, 0.5) is 0 Å². The van der Waals surface area contributed by atoms with Crippen molar-refractivity contribution < 1.29 is 4.79 Å². The highest BCUT2D eigenvalue weighted by Crippen LogP contribution is 2.20. The van der Waals surface area contributed by atoms with E-state index in [1.165, 1.54) is 0 Å². The molecule has 0 bridgehead atoms.